The lowest BCUT2D eigenvalue weighted by atomic mass is 9.98. The minimum atomic E-state index is -4.18. The number of nitrogens with zero attached hydrogens (tertiary/aromatic N) is 2. The van der Waals surface area contributed by atoms with Gasteiger partial charge in [-0.25, -0.2) is 9.97 Å². The fourth-order valence-corrected chi connectivity index (χ4v) is 2.72. The molecule has 0 aliphatic carbocycles. The van der Waals surface area contributed by atoms with Gasteiger partial charge in [0.25, 0.3) is 0 Å². The molecule has 24 heavy (non-hydrogen) atoms. The number of halogens is 3. The van der Waals surface area contributed by atoms with Crippen LogP contribution in [0.3, 0.4) is 0 Å². The van der Waals surface area contributed by atoms with E-state index in [1.54, 1.807) is 0 Å². The van der Waals surface area contributed by atoms with Gasteiger partial charge in [-0.2, -0.15) is 13.2 Å². The van der Waals surface area contributed by atoms with Crippen molar-refractivity contribution < 1.29 is 17.9 Å². The quantitative estimate of drug-likeness (QED) is 0.904. The molecule has 4 nitrogen and oxygen atoms in total. The maximum atomic E-state index is 12.3. The van der Waals surface area contributed by atoms with Gasteiger partial charge in [0.1, 0.15) is 6.10 Å². The van der Waals surface area contributed by atoms with E-state index in [0.717, 1.165) is 12.0 Å². The van der Waals surface area contributed by atoms with E-state index in [-0.39, 0.29) is 12.5 Å². The van der Waals surface area contributed by atoms with Crippen LogP contribution in [0.25, 0.3) is 0 Å². The summed E-state index contributed by atoms with van der Waals surface area (Å²) >= 11 is 0. The predicted octanol–water partition coefficient (Wildman–Crippen LogP) is 3.70. The van der Waals surface area contributed by atoms with Gasteiger partial charge >= 0.3 is 6.18 Å². The monoisotopic (exact) mass is 337 g/mol. The molecular weight excluding hydrogens is 319 g/mol. The molecule has 1 aliphatic heterocycles. The molecule has 0 unspecified atom stereocenters. The molecule has 0 fully saturated rings. The number of ether oxygens (including phenoxy) is 1. The Balaban J connectivity index is 1.61. The van der Waals surface area contributed by atoms with Crippen molar-refractivity contribution in [2.75, 3.05) is 18.5 Å². The molecule has 0 spiro atoms. The van der Waals surface area contributed by atoms with Crippen LogP contribution >= 0.6 is 0 Å². The summed E-state index contributed by atoms with van der Waals surface area (Å²) in [6, 6.07) is 9.58. The smallest absolute Gasteiger partial charge is 0.371 e. The van der Waals surface area contributed by atoms with Crippen molar-refractivity contribution in [3.05, 3.63) is 53.3 Å². The van der Waals surface area contributed by atoms with Crippen LogP contribution < -0.4 is 5.32 Å². The van der Waals surface area contributed by atoms with Crippen LogP contribution in [-0.4, -0.2) is 29.3 Å². The van der Waals surface area contributed by atoms with E-state index in [4.69, 9.17) is 4.74 Å². The SMILES string of the molecule is FC(F)(F)CCc1ccnc(NC[C@H]2OCCc3ccccc32)n1. The van der Waals surface area contributed by atoms with Gasteiger partial charge in [-0.05, 0) is 30.0 Å². The predicted molar refractivity (Wildman–Crippen MR) is 83.7 cm³/mol. The molecule has 3 rings (SSSR count). The third-order valence-electron chi connectivity index (χ3n) is 3.92. The fourth-order valence-electron chi connectivity index (χ4n) is 2.72. The van der Waals surface area contributed by atoms with E-state index in [0.29, 0.717) is 24.8 Å². The van der Waals surface area contributed by atoms with E-state index in [2.05, 4.69) is 21.4 Å². The zero-order chi connectivity index (χ0) is 17.0. The Kier molecular flexibility index (Phi) is 4.99. The summed E-state index contributed by atoms with van der Waals surface area (Å²) in [4.78, 5) is 8.20. The van der Waals surface area contributed by atoms with Gasteiger partial charge in [0.15, 0.2) is 0 Å². The summed E-state index contributed by atoms with van der Waals surface area (Å²) in [6.07, 6.45) is -2.98. The number of anilines is 1. The second kappa shape index (κ2) is 7.17. The largest absolute Gasteiger partial charge is 0.389 e. The number of rotatable bonds is 5. The van der Waals surface area contributed by atoms with E-state index in [9.17, 15) is 13.2 Å². The van der Waals surface area contributed by atoms with Crippen LogP contribution in [0.15, 0.2) is 36.5 Å². The first-order valence-electron chi connectivity index (χ1n) is 7.83. The Morgan fingerprint density at radius 3 is 2.88 bits per heavy atom. The standard InChI is InChI=1S/C17H18F3N3O/c18-17(19,20)8-5-13-6-9-21-16(23-13)22-11-15-14-4-2-1-3-12(14)7-10-24-15/h1-4,6,9,15H,5,7-8,10-11H2,(H,21,22,23)/t15-/m1/s1. The third kappa shape index (κ3) is 4.44. The normalized spacial score (nSPS) is 17.4. The van der Waals surface area contributed by atoms with Crippen LogP contribution in [0.2, 0.25) is 0 Å². The van der Waals surface area contributed by atoms with Gasteiger partial charge in [0.2, 0.25) is 5.95 Å². The molecule has 0 amide bonds. The Hall–Kier alpha value is -2.15. The first-order chi connectivity index (χ1) is 11.5. The van der Waals surface area contributed by atoms with Crippen molar-refractivity contribution in [2.24, 2.45) is 0 Å². The van der Waals surface area contributed by atoms with Gasteiger partial charge in [0.05, 0.1) is 6.61 Å². The summed E-state index contributed by atoms with van der Waals surface area (Å²) in [5.74, 6) is 0.321. The van der Waals surface area contributed by atoms with Crippen molar-refractivity contribution >= 4 is 5.95 Å². The first kappa shape index (κ1) is 16.7. The number of aromatic nitrogens is 2. The zero-order valence-corrected chi connectivity index (χ0v) is 13.0. The highest BCUT2D eigenvalue weighted by Gasteiger charge is 2.26. The Morgan fingerprint density at radius 1 is 1.21 bits per heavy atom. The third-order valence-corrected chi connectivity index (χ3v) is 3.92. The summed E-state index contributed by atoms with van der Waals surface area (Å²) in [5.41, 5.74) is 2.76. The van der Waals surface area contributed by atoms with E-state index in [1.165, 1.54) is 17.8 Å². The lowest BCUT2D eigenvalue weighted by Crippen LogP contribution is -2.23. The maximum Gasteiger partial charge on any atom is 0.389 e. The number of benzene rings is 1. The van der Waals surface area contributed by atoms with Crippen molar-refractivity contribution in [1.82, 2.24) is 9.97 Å². The zero-order valence-electron chi connectivity index (χ0n) is 13.0. The summed E-state index contributed by atoms with van der Waals surface area (Å²) < 4.78 is 42.7. The molecule has 1 aliphatic rings. The number of hydrogen-bond acceptors (Lipinski definition) is 4. The molecule has 0 radical (unpaired) electrons. The van der Waals surface area contributed by atoms with Gasteiger partial charge in [0, 0.05) is 24.9 Å². The van der Waals surface area contributed by atoms with Gasteiger partial charge < -0.3 is 10.1 Å². The van der Waals surface area contributed by atoms with Crippen molar-refractivity contribution in [3.63, 3.8) is 0 Å². The summed E-state index contributed by atoms with van der Waals surface area (Å²) in [5, 5.41) is 3.06. The lowest BCUT2D eigenvalue weighted by Gasteiger charge is -2.26. The van der Waals surface area contributed by atoms with Crippen molar-refractivity contribution in [1.29, 1.82) is 0 Å². The highest BCUT2D eigenvalue weighted by Crippen LogP contribution is 2.27. The Morgan fingerprint density at radius 2 is 2.04 bits per heavy atom. The molecule has 1 atom stereocenters. The van der Waals surface area contributed by atoms with Gasteiger partial charge in [-0.3, -0.25) is 0 Å². The average Bonchev–Trinajstić information content (AvgIpc) is 2.58. The molecule has 0 saturated heterocycles. The number of nitrogens with one attached hydrogen (secondary N) is 1. The van der Waals surface area contributed by atoms with Crippen LogP contribution in [-0.2, 0) is 17.6 Å². The molecule has 1 N–H and O–H groups in total. The number of aryl methyl sites for hydroxylation is 1. The topological polar surface area (TPSA) is 47.0 Å². The van der Waals surface area contributed by atoms with Gasteiger partial charge in [-0.1, -0.05) is 24.3 Å². The second-order valence-electron chi connectivity index (χ2n) is 5.68. The Labute approximate surface area is 138 Å². The average molecular weight is 337 g/mol. The first-order valence-corrected chi connectivity index (χ1v) is 7.83. The molecule has 1 aromatic heterocycles. The minimum absolute atomic E-state index is 0.114. The Bertz CT molecular complexity index is 691. The minimum Gasteiger partial charge on any atom is -0.371 e. The summed E-state index contributed by atoms with van der Waals surface area (Å²) in [6.45, 7) is 1.12. The van der Waals surface area contributed by atoms with Crippen LogP contribution in [0.5, 0.6) is 0 Å². The molecule has 0 bridgehead atoms. The van der Waals surface area contributed by atoms with Crippen LogP contribution in [0.1, 0.15) is 29.3 Å². The van der Waals surface area contributed by atoms with E-state index in [1.807, 2.05) is 18.2 Å². The van der Waals surface area contributed by atoms with Crippen molar-refractivity contribution in [2.45, 2.75) is 31.5 Å². The molecule has 2 aromatic rings. The van der Waals surface area contributed by atoms with Crippen LogP contribution in [0, 0.1) is 0 Å². The van der Waals surface area contributed by atoms with E-state index >= 15 is 0 Å². The summed E-state index contributed by atoms with van der Waals surface area (Å²) in [7, 11) is 0. The van der Waals surface area contributed by atoms with Crippen molar-refractivity contribution in [3.8, 4) is 0 Å². The number of fused-ring (bicyclic) bond motifs is 1. The molecule has 2 heterocycles. The van der Waals surface area contributed by atoms with E-state index < -0.39 is 12.6 Å². The number of hydrogen-bond donors (Lipinski definition) is 1. The molecule has 0 saturated carbocycles. The molecule has 7 heteroatoms. The highest BCUT2D eigenvalue weighted by atomic mass is 19.4. The number of alkyl halides is 3. The molecule has 1 aromatic carbocycles. The molecule has 128 valence electrons. The lowest BCUT2D eigenvalue weighted by molar-refractivity contribution is -0.134. The van der Waals surface area contributed by atoms with Crippen LogP contribution in [0.4, 0.5) is 19.1 Å². The second-order valence-corrected chi connectivity index (χ2v) is 5.68. The van der Waals surface area contributed by atoms with Gasteiger partial charge in [-0.15, -0.1) is 0 Å². The maximum absolute atomic E-state index is 12.3. The fraction of sp³-hybridized carbons (Fsp3) is 0.412. The molecular formula is C17H18F3N3O. The highest BCUT2D eigenvalue weighted by molar-refractivity contribution is 5.33.